The highest BCUT2D eigenvalue weighted by molar-refractivity contribution is 5.85. The second kappa shape index (κ2) is 11.6. The van der Waals surface area contributed by atoms with E-state index in [2.05, 4.69) is 5.32 Å². The number of carbonyl (C=O) groups excluding carboxylic acids is 1. The first-order valence-electron chi connectivity index (χ1n) is 13.4. The number of rotatable bonds is 9. The molecule has 214 valence electrons. The zero-order chi connectivity index (χ0) is 28.4. The lowest BCUT2D eigenvalue weighted by Crippen LogP contribution is -2.60. The van der Waals surface area contributed by atoms with E-state index in [1.165, 1.54) is 6.07 Å². The molecule has 0 bridgehead atoms. The maximum atomic E-state index is 13.7. The molecule has 9 heteroatoms. The van der Waals surface area contributed by atoms with Crippen molar-refractivity contribution in [3.05, 3.63) is 70.8 Å². The molecule has 0 spiro atoms. The van der Waals surface area contributed by atoms with Gasteiger partial charge in [-0.2, -0.15) is 13.2 Å². The van der Waals surface area contributed by atoms with Crippen molar-refractivity contribution in [1.82, 2.24) is 5.32 Å². The topological polar surface area (TPSA) is 66.0 Å². The third-order valence-corrected chi connectivity index (χ3v) is 7.22. The molecular weight excluding hydrogens is 511 g/mol. The third kappa shape index (κ3) is 7.20. The van der Waals surface area contributed by atoms with E-state index in [0.717, 1.165) is 23.3 Å². The highest BCUT2D eigenvalue weighted by atomic mass is 19.4. The third-order valence-electron chi connectivity index (χ3n) is 7.22. The van der Waals surface area contributed by atoms with Crippen LogP contribution in [0.3, 0.4) is 0 Å². The van der Waals surface area contributed by atoms with Crippen LogP contribution in [0.5, 0.6) is 0 Å². The Morgan fingerprint density at radius 3 is 2.51 bits per heavy atom. The maximum absolute atomic E-state index is 13.7. The number of fused-ring (bicyclic) bond motifs is 1. The molecule has 4 rings (SSSR count). The second-order valence-electron chi connectivity index (χ2n) is 11.4. The van der Waals surface area contributed by atoms with Crippen LogP contribution in [0.15, 0.2) is 48.5 Å². The quantitative estimate of drug-likeness (QED) is 0.419. The Bertz CT molecular complexity index is 1150. The number of nitrogens with one attached hydrogen (secondary N) is 1. The van der Waals surface area contributed by atoms with E-state index in [4.69, 9.17) is 18.9 Å². The Hall–Kier alpha value is -2.46. The lowest BCUT2D eigenvalue weighted by molar-refractivity contribution is -0.183. The fourth-order valence-electron chi connectivity index (χ4n) is 5.19. The Morgan fingerprint density at radius 2 is 1.82 bits per heavy atom. The van der Waals surface area contributed by atoms with Crippen LogP contribution >= 0.6 is 0 Å². The molecule has 1 saturated carbocycles. The minimum atomic E-state index is -4.45. The van der Waals surface area contributed by atoms with Crippen molar-refractivity contribution in [3.63, 3.8) is 0 Å². The average molecular weight is 550 g/mol. The van der Waals surface area contributed by atoms with E-state index in [9.17, 15) is 18.0 Å². The molecule has 2 aliphatic rings. The van der Waals surface area contributed by atoms with Gasteiger partial charge in [0.15, 0.2) is 11.4 Å². The van der Waals surface area contributed by atoms with Crippen LogP contribution in [-0.4, -0.2) is 42.2 Å². The summed E-state index contributed by atoms with van der Waals surface area (Å²) in [5, 5.41) is 3.02. The summed E-state index contributed by atoms with van der Waals surface area (Å²) in [7, 11) is 0. The molecule has 0 aromatic heterocycles. The van der Waals surface area contributed by atoms with Crippen LogP contribution in [0.1, 0.15) is 62.8 Å². The predicted octanol–water partition coefficient (Wildman–Crippen LogP) is 5.94. The highest BCUT2D eigenvalue weighted by Crippen LogP contribution is 2.44. The Morgan fingerprint density at radius 1 is 1.08 bits per heavy atom. The van der Waals surface area contributed by atoms with Crippen LogP contribution in [0.4, 0.5) is 13.2 Å². The van der Waals surface area contributed by atoms with Gasteiger partial charge in [-0.1, -0.05) is 50.2 Å². The fourth-order valence-corrected chi connectivity index (χ4v) is 5.19. The summed E-state index contributed by atoms with van der Waals surface area (Å²) in [4.78, 5) is 13.7. The first kappa shape index (κ1) is 29.5. The minimum Gasteiger partial charge on any atom is -0.371 e. The van der Waals surface area contributed by atoms with Gasteiger partial charge >= 0.3 is 6.18 Å². The van der Waals surface area contributed by atoms with E-state index in [0.29, 0.717) is 12.1 Å². The molecule has 2 aromatic rings. The lowest BCUT2D eigenvalue weighted by Gasteiger charge is -2.43. The zero-order valence-electron chi connectivity index (χ0n) is 23.1. The van der Waals surface area contributed by atoms with Gasteiger partial charge in [-0.15, -0.1) is 0 Å². The van der Waals surface area contributed by atoms with Gasteiger partial charge in [-0.05, 0) is 55.5 Å². The summed E-state index contributed by atoms with van der Waals surface area (Å²) < 4.78 is 64.8. The van der Waals surface area contributed by atoms with Crippen LogP contribution in [0.2, 0.25) is 0 Å². The first-order chi connectivity index (χ1) is 18.3. The normalized spacial score (nSPS) is 26.4. The van der Waals surface area contributed by atoms with Crippen molar-refractivity contribution in [1.29, 1.82) is 0 Å². The smallest absolute Gasteiger partial charge is 0.371 e. The summed E-state index contributed by atoms with van der Waals surface area (Å²) in [6, 6.07) is 12.9. The SMILES string of the molecule is Cc1ccccc1CO[C@]1(C(=O)NCC(C)C)CC(OCc2cccc(C(F)(F)F)c2)[C@@H]2OC(C)(C)O[C@@H]2C1. The maximum Gasteiger partial charge on any atom is 0.416 e. The van der Waals surface area contributed by atoms with Crippen molar-refractivity contribution < 1.29 is 36.9 Å². The molecule has 6 nitrogen and oxygen atoms in total. The Balaban J connectivity index is 1.61. The molecule has 1 heterocycles. The second-order valence-corrected chi connectivity index (χ2v) is 11.4. The molecule has 1 saturated heterocycles. The fraction of sp³-hybridized carbons (Fsp3) is 0.567. The molecule has 1 unspecified atom stereocenters. The predicted molar refractivity (Wildman–Crippen MR) is 140 cm³/mol. The van der Waals surface area contributed by atoms with Gasteiger partial charge in [0.1, 0.15) is 6.10 Å². The minimum absolute atomic E-state index is 0.0803. The van der Waals surface area contributed by atoms with Gasteiger partial charge in [0.05, 0.1) is 31.0 Å². The number of amides is 1. The highest BCUT2D eigenvalue weighted by Gasteiger charge is 2.58. The summed E-state index contributed by atoms with van der Waals surface area (Å²) in [6.45, 7) is 10.2. The summed E-state index contributed by atoms with van der Waals surface area (Å²) in [5.74, 6) is -0.936. The van der Waals surface area contributed by atoms with Crippen LogP contribution in [0.25, 0.3) is 0 Å². The lowest BCUT2D eigenvalue weighted by atomic mass is 9.78. The largest absolute Gasteiger partial charge is 0.416 e. The van der Waals surface area contributed by atoms with E-state index in [1.54, 1.807) is 19.9 Å². The Labute approximate surface area is 228 Å². The Kier molecular flexibility index (Phi) is 8.76. The summed E-state index contributed by atoms with van der Waals surface area (Å²) in [6.07, 6.45) is -5.67. The number of hydrogen-bond acceptors (Lipinski definition) is 5. The number of ether oxygens (including phenoxy) is 4. The molecule has 2 fully saturated rings. The van der Waals surface area contributed by atoms with Gasteiger partial charge in [-0.25, -0.2) is 0 Å². The molecule has 1 N–H and O–H groups in total. The van der Waals surface area contributed by atoms with Gasteiger partial charge in [0, 0.05) is 19.4 Å². The van der Waals surface area contributed by atoms with Crippen molar-refractivity contribution in [2.24, 2.45) is 5.92 Å². The first-order valence-corrected chi connectivity index (χ1v) is 13.4. The van der Waals surface area contributed by atoms with E-state index >= 15 is 0 Å². The van der Waals surface area contributed by atoms with Gasteiger partial charge in [-0.3, -0.25) is 4.79 Å². The van der Waals surface area contributed by atoms with Crippen LogP contribution in [0, 0.1) is 12.8 Å². The molecule has 4 atom stereocenters. The van der Waals surface area contributed by atoms with Crippen molar-refractivity contribution >= 4 is 5.91 Å². The molecule has 2 aromatic carbocycles. The monoisotopic (exact) mass is 549 g/mol. The van der Waals surface area contributed by atoms with Crippen LogP contribution < -0.4 is 5.32 Å². The summed E-state index contributed by atoms with van der Waals surface area (Å²) >= 11 is 0. The van der Waals surface area contributed by atoms with Crippen molar-refractivity contribution in [3.8, 4) is 0 Å². The molecule has 1 amide bonds. The molecular formula is C30H38F3NO5. The average Bonchev–Trinajstić information content (AvgIpc) is 3.18. The number of alkyl halides is 3. The van der Waals surface area contributed by atoms with Crippen LogP contribution in [-0.2, 0) is 43.1 Å². The number of aryl methyl sites for hydroxylation is 1. The van der Waals surface area contributed by atoms with Crippen molar-refractivity contribution in [2.75, 3.05) is 6.54 Å². The molecule has 0 radical (unpaired) electrons. The summed E-state index contributed by atoms with van der Waals surface area (Å²) in [5.41, 5.74) is 0.362. The van der Waals surface area contributed by atoms with E-state index in [-0.39, 0.29) is 37.9 Å². The standard InChI is InChI=1S/C30H38F3NO5/c1-19(2)16-34-27(35)29(37-18-22-11-7-6-9-20(22)3)14-24(26-25(15-29)38-28(4,5)39-26)36-17-21-10-8-12-23(13-21)30(31,32)33/h6-13,19,24-26H,14-18H2,1-5H3,(H,34,35)/t24?,25-,26+,29-/m1/s1. The number of benzene rings is 2. The van der Waals surface area contributed by atoms with Gasteiger partial charge < -0.3 is 24.3 Å². The van der Waals surface area contributed by atoms with Gasteiger partial charge in [0.25, 0.3) is 5.91 Å². The number of carbonyl (C=O) groups is 1. The molecule has 1 aliphatic heterocycles. The van der Waals surface area contributed by atoms with E-state index in [1.807, 2.05) is 45.0 Å². The van der Waals surface area contributed by atoms with Crippen molar-refractivity contribution in [2.45, 2.75) is 96.6 Å². The van der Waals surface area contributed by atoms with E-state index < -0.39 is 41.4 Å². The molecule has 1 aliphatic carbocycles. The number of halogens is 3. The number of hydrogen-bond donors (Lipinski definition) is 1. The van der Waals surface area contributed by atoms with Gasteiger partial charge in [0.2, 0.25) is 0 Å². The zero-order valence-corrected chi connectivity index (χ0v) is 23.1. The molecule has 39 heavy (non-hydrogen) atoms.